The Bertz CT molecular complexity index is 1570. The van der Waals surface area contributed by atoms with Crippen LogP contribution in [-0.2, 0) is 13.0 Å². The van der Waals surface area contributed by atoms with E-state index in [-0.39, 0.29) is 12.1 Å². The first kappa shape index (κ1) is 25.1. The minimum absolute atomic E-state index is 0.0858. The Labute approximate surface area is 233 Å². The second kappa shape index (κ2) is 10.9. The molecule has 0 aliphatic carbocycles. The number of rotatable bonds is 6. The van der Waals surface area contributed by atoms with Crippen LogP contribution < -0.4 is 5.32 Å². The van der Waals surface area contributed by atoms with Crippen LogP contribution in [0.15, 0.2) is 108 Å². The van der Waals surface area contributed by atoms with Crippen molar-refractivity contribution in [1.82, 2.24) is 24.6 Å². The number of aryl methyl sites for hydroxylation is 1. The first-order valence-electron chi connectivity index (χ1n) is 13.2. The third-order valence-corrected chi connectivity index (χ3v) is 8.06. The predicted molar refractivity (Wildman–Crippen MR) is 157 cm³/mol. The molecule has 2 amide bonds. The summed E-state index contributed by atoms with van der Waals surface area (Å²) < 4.78 is 4.20. The molecule has 0 saturated heterocycles. The molecule has 6 rings (SSSR count). The summed E-state index contributed by atoms with van der Waals surface area (Å²) >= 11 is 1.71. The second-order valence-electron chi connectivity index (χ2n) is 9.71. The number of hydrogen-bond acceptors (Lipinski definition) is 3. The minimum atomic E-state index is -0.261. The van der Waals surface area contributed by atoms with Crippen molar-refractivity contribution < 1.29 is 4.79 Å². The predicted octanol–water partition coefficient (Wildman–Crippen LogP) is 6.55. The first-order valence-corrected chi connectivity index (χ1v) is 14.4. The number of carbonyl (C=O) groups excluding carboxylic acids is 1. The lowest BCUT2D eigenvalue weighted by Crippen LogP contribution is -2.42. The van der Waals surface area contributed by atoms with E-state index < -0.39 is 0 Å². The minimum Gasteiger partial charge on any atom is -0.338 e. The van der Waals surface area contributed by atoms with E-state index in [0.717, 1.165) is 40.4 Å². The van der Waals surface area contributed by atoms with Gasteiger partial charge in [0.2, 0.25) is 0 Å². The third kappa shape index (κ3) is 4.86. The Balaban J connectivity index is 1.43. The highest BCUT2D eigenvalue weighted by Gasteiger charge is 2.35. The molecule has 1 aliphatic rings. The number of nitrogens with zero attached hydrogens (tertiary/aromatic N) is 4. The zero-order valence-electron chi connectivity index (χ0n) is 22.1. The molecule has 3 heterocycles. The van der Waals surface area contributed by atoms with Crippen molar-refractivity contribution in [2.45, 2.75) is 30.8 Å². The maximum absolute atomic E-state index is 14.0. The summed E-state index contributed by atoms with van der Waals surface area (Å²) in [5.74, 6) is 0.976. The van der Waals surface area contributed by atoms with E-state index in [1.165, 1.54) is 10.5 Å². The standard InChI is InChI=1S/C32H31N5OS/c1-23-28-22-36(32(38)33-20-19-24-10-5-3-6-11-24)30(25-15-17-27(39-2)18-16-25)29-14-9-21-35(29)31(28)37(34-23)26-12-7-4-8-13-26/h3-18,21,30H,19-20,22H2,1-2H3,(H,33,38)/t30-/m1/s1. The molecule has 0 fully saturated rings. The smallest absolute Gasteiger partial charge is 0.318 e. The Kier molecular flexibility index (Phi) is 6.99. The van der Waals surface area contributed by atoms with Crippen molar-refractivity contribution in [3.63, 3.8) is 0 Å². The van der Waals surface area contributed by atoms with Crippen LogP contribution in [-0.4, -0.2) is 38.1 Å². The van der Waals surface area contributed by atoms with Gasteiger partial charge in [0.25, 0.3) is 0 Å². The number of nitrogens with one attached hydrogen (secondary N) is 1. The Morgan fingerprint density at radius 3 is 2.38 bits per heavy atom. The molecule has 0 saturated carbocycles. The monoisotopic (exact) mass is 533 g/mol. The Morgan fingerprint density at radius 1 is 0.949 bits per heavy atom. The lowest BCUT2D eigenvalue weighted by molar-refractivity contribution is 0.180. The van der Waals surface area contributed by atoms with Gasteiger partial charge in [0.05, 0.1) is 29.7 Å². The van der Waals surface area contributed by atoms with Gasteiger partial charge >= 0.3 is 6.03 Å². The van der Waals surface area contributed by atoms with Gasteiger partial charge < -0.3 is 14.8 Å². The molecule has 196 valence electrons. The fraction of sp³-hybridized carbons (Fsp3) is 0.188. The molecule has 0 spiro atoms. The number of hydrogen-bond donors (Lipinski definition) is 1. The highest BCUT2D eigenvalue weighted by atomic mass is 32.2. The van der Waals surface area contributed by atoms with Crippen LogP contribution in [0.2, 0.25) is 0 Å². The number of amides is 2. The second-order valence-corrected chi connectivity index (χ2v) is 10.6. The molecule has 1 aliphatic heterocycles. The van der Waals surface area contributed by atoms with Crippen LogP contribution in [0.4, 0.5) is 4.79 Å². The fourth-order valence-corrected chi connectivity index (χ4v) is 5.75. The number of fused-ring (bicyclic) bond motifs is 3. The van der Waals surface area contributed by atoms with Crippen molar-refractivity contribution in [3.05, 3.63) is 131 Å². The van der Waals surface area contributed by atoms with Crippen molar-refractivity contribution in [2.24, 2.45) is 0 Å². The molecule has 0 bridgehead atoms. The number of urea groups is 1. The van der Waals surface area contributed by atoms with Crippen molar-refractivity contribution in [2.75, 3.05) is 12.8 Å². The van der Waals surface area contributed by atoms with Crippen LogP contribution in [0.5, 0.6) is 0 Å². The van der Waals surface area contributed by atoms with Gasteiger partial charge in [0.15, 0.2) is 0 Å². The SMILES string of the molecule is CSc1ccc([C@@H]2c3cccn3-c3c(c(C)nn3-c3ccccc3)CN2C(=O)NCCc2ccccc2)cc1. The van der Waals surface area contributed by atoms with Gasteiger partial charge in [-0.1, -0.05) is 60.7 Å². The average Bonchev–Trinajstić information content (AvgIpc) is 3.54. The number of carbonyl (C=O) groups is 1. The lowest BCUT2D eigenvalue weighted by Gasteiger charge is -2.31. The number of para-hydroxylation sites is 1. The van der Waals surface area contributed by atoms with Gasteiger partial charge in [-0.15, -0.1) is 11.8 Å². The van der Waals surface area contributed by atoms with Gasteiger partial charge in [-0.05, 0) is 67.1 Å². The van der Waals surface area contributed by atoms with Gasteiger partial charge in [0, 0.05) is 23.2 Å². The molecule has 5 aromatic rings. The quantitative estimate of drug-likeness (QED) is 0.252. The highest BCUT2D eigenvalue weighted by molar-refractivity contribution is 7.98. The summed E-state index contributed by atoms with van der Waals surface area (Å²) in [7, 11) is 0. The van der Waals surface area contributed by atoms with Crippen LogP contribution >= 0.6 is 11.8 Å². The van der Waals surface area contributed by atoms with E-state index in [0.29, 0.717) is 13.1 Å². The van der Waals surface area contributed by atoms with Gasteiger partial charge in [0.1, 0.15) is 5.82 Å². The van der Waals surface area contributed by atoms with Crippen molar-refractivity contribution in [1.29, 1.82) is 0 Å². The summed E-state index contributed by atoms with van der Waals surface area (Å²) in [6.07, 6.45) is 4.93. The topological polar surface area (TPSA) is 55.1 Å². The molecule has 3 aromatic carbocycles. The third-order valence-electron chi connectivity index (χ3n) is 7.31. The molecule has 0 radical (unpaired) electrons. The van der Waals surface area contributed by atoms with E-state index in [1.807, 2.05) is 52.9 Å². The van der Waals surface area contributed by atoms with Gasteiger partial charge in [-0.25, -0.2) is 9.48 Å². The summed E-state index contributed by atoms with van der Waals surface area (Å²) in [5.41, 5.74) is 6.25. The normalized spacial score (nSPS) is 14.4. The molecule has 0 unspecified atom stereocenters. The molecule has 1 N–H and O–H groups in total. The molecule has 7 heteroatoms. The maximum Gasteiger partial charge on any atom is 0.318 e. The van der Waals surface area contributed by atoms with E-state index in [4.69, 9.17) is 5.10 Å². The summed E-state index contributed by atoms with van der Waals surface area (Å²) in [6, 6.07) is 32.8. The zero-order valence-corrected chi connectivity index (χ0v) is 22.9. The molecule has 6 nitrogen and oxygen atoms in total. The Hall–Kier alpha value is -4.23. The highest BCUT2D eigenvalue weighted by Crippen LogP contribution is 2.38. The van der Waals surface area contributed by atoms with Crippen LogP contribution in [0.25, 0.3) is 11.5 Å². The maximum atomic E-state index is 14.0. The lowest BCUT2D eigenvalue weighted by atomic mass is 10.0. The van der Waals surface area contributed by atoms with E-state index in [9.17, 15) is 4.79 Å². The first-order chi connectivity index (χ1) is 19.1. The largest absolute Gasteiger partial charge is 0.338 e. The summed E-state index contributed by atoms with van der Waals surface area (Å²) in [6.45, 7) is 3.04. The van der Waals surface area contributed by atoms with E-state index in [1.54, 1.807) is 11.8 Å². The number of benzene rings is 3. The fourth-order valence-electron chi connectivity index (χ4n) is 5.35. The molecule has 2 aromatic heterocycles. The summed E-state index contributed by atoms with van der Waals surface area (Å²) in [5, 5.41) is 8.14. The van der Waals surface area contributed by atoms with Crippen LogP contribution in [0.1, 0.15) is 34.1 Å². The van der Waals surface area contributed by atoms with Crippen LogP contribution in [0, 0.1) is 6.92 Å². The van der Waals surface area contributed by atoms with Gasteiger partial charge in [-0.3, -0.25) is 0 Å². The van der Waals surface area contributed by atoms with Gasteiger partial charge in [-0.2, -0.15) is 5.10 Å². The zero-order chi connectivity index (χ0) is 26.8. The van der Waals surface area contributed by atoms with Crippen molar-refractivity contribution in [3.8, 4) is 11.5 Å². The average molecular weight is 534 g/mol. The van der Waals surface area contributed by atoms with Crippen molar-refractivity contribution >= 4 is 17.8 Å². The summed E-state index contributed by atoms with van der Waals surface area (Å²) in [4.78, 5) is 17.1. The number of thioether (sulfide) groups is 1. The molecule has 39 heavy (non-hydrogen) atoms. The molecular formula is C32H31N5OS. The van der Waals surface area contributed by atoms with E-state index in [2.05, 4.69) is 83.0 Å². The van der Waals surface area contributed by atoms with E-state index >= 15 is 0 Å². The molecule has 1 atom stereocenters. The molecular weight excluding hydrogens is 502 g/mol. The van der Waals surface area contributed by atoms with Crippen LogP contribution in [0.3, 0.4) is 0 Å². The number of aromatic nitrogens is 3. The Morgan fingerprint density at radius 2 is 1.67 bits per heavy atom.